The van der Waals surface area contributed by atoms with Crippen LogP contribution in [0, 0.1) is 0 Å². The zero-order chi connectivity index (χ0) is 8.81. The number of nitrogens with two attached hydrogens (primary N) is 1. The quantitative estimate of drug-likeness (QED) is 0.574. The maximum Gasteiger partial charge on any atom is 0.123 e. The molecule has 0 atom stereocenters. The molecule has 0 aliphatic heterocycles. The van der Waals surface area contributed by atoms with Crippen molar-refractivity contribution in [3.8, 4) is 0 Å². The van der Waals surface area contributed by atoms with E-state index < -0.39 is 0 Å². The van der Waals surface area contributed by atoms with Gasteiger partial charge in [0.2, 0.25) is 0 Å². The normalized spacial score (nSPS) is 10.1. The fourth-order valence-electron chi connectivity index (χ4n) is 0.811. The van der Waals surface area contributed by atoms with Crippen LogP contribution in [0.2, 0.25) is 0 Å². The van der Waals surface area contributed by atoms with Gasteiger partial charge < -0.3 is 5.73 Å². The van der Waals surface area contributed by atoms with Crippen molar-refractivity contribution in [2.45, 2.75) is 24.7 Å². The maximum atomic E-state index is 5.46. The predicted molar refractivity (Wildman–Crippen MR) is 54.3 cm³/mol. The summed E-state index contributed by atoms with van der Waals surface area (Å²) in [6.07, 6.45) is 4.33. The average Bonchev–Trinajstić information content (AvgIpc) is 2.09. The first-order chi connectivity index (χ1) is 5.83. The lowest BCUT2D eigenvalue weighted by Crippen LogP contribution is -1.88. The number of nitrogens with zero attached hydrogens (tertiary/aromatic N) is 1. The van der Waals surface area contributed by atoms with E-state index in [4.69, 9.17) is 5.73 Å². The number of aromatic nitrogens is 1. The summed E-state index contributed by atoms with van der Waals surface area (Å²) in [5.74, 6) is 1.76. The third kappa shape index (κ3) is 3.13. The number of hydrogen-bond acceptors (Lipinski definition) is 3. The first kappa shape index (κ1) is 9.39. The third-order valence-electron chi connectivity index (χ3n) is 1.53. The highest BCUT2D eigenvalue weighted by Crippen LogP contribution is 2.18. The summed E-state index contributed by atoms with van der Waals surface area (Å²) in [5, 5.41) is 0. The predicted octanol–water partition coefficient (Wildman–Crippen LogP) is 2.56. The Hall–Kier alpha value is -0.700. The van der Waals surface area contributed by atoms with Crippen molar-refractivity contribution in [2.75, 3.05) is 11.5 Å². The van der Waals surface area contributed by atoms with E-state index in [0.717, 1.165) is 0 Å². The minimum absolute atomic E-state index is 0.592. The highest BCUT2D eigenvalue weighted by Gasteiger charge is 1.93. The highest BCUT2D eigenvalue weighted by molar-refractivity contribution is 7.99. The first-order valence-electron chi connectivity index (χ1n) is 4.17. The zero-order valence-corrected chi connectivity index (χ0v) is 8.10. The first-order valence-corrected chi connectivity index (χ1v) is 5.16. The van der Waals surface area contributed by atoms with E-state index >= 15 is 0 Å². The Kier molecular flexibility index (Phi) is 3.94. The smallest absolute Gasteiger partial charge is 0.123 e. The second-order valence-corrected chi connectivity index (χ2v) is 3.79. The summed E-state index contributed by atoms with van der Waals surface area (Å²) in [7, 11) is 0. The molecule has 1 heterocycles. The van der Waals surface area contributed by atoms with Crippen molar-refractivity contribution in [3.05, 3.63) is 18.3 Å². The van der Waals surface area contributed by atoms with Crippen LogP contribution in [0.5, 0.6) is 0 Å². The van der Waals surface area contributed by atoms with Gasteiger partial charge in [-0.15, -0.1) is 11.8 Å². The van der Waals surface area contributed by atoms with Gasteiger partial charge in [-0.2, -0.15) is 0 Å². The summed E-state index contributed by atoms with van der Waals surface area (Å²) in [6.45, 7) is 2.20. The number of nitrogen functional groups attached to an aromatic ring is 1. The van der Waals surface area contributed by atoms with E-state index in [1.54, 1.807) is 0 Å². The summed E-state index contributed by atoms with van der Waals surface area (Å²) in [4.78, 5) is 5.22. The molecule has 1 rings (SSSR count). The molecule has 12 heavy (non-hydrogen) atoms. The summed E-state index contributed by atoms with van der Waals surface area (Å²) in [6, 6.07) is 3.86. The largest absolute Gasteiger partial charge is 0.384 e. The van der Waals surface area contributed by atoms with Gasteiger partial charge in [0.1, 0.15) is 5.82 Å². The van der Waals surface area contributed by atoms with Crippen molar-refractivity contribution in [3.63, 3.8) is 0 Å². The average molecular weight is 182 g/mol. The molecule has 1 aromatic heterocycles. The van der Waals surface area contributed by atoms with Crippen molar-refractivity contribution < 1.29 is 0 Å². The number of thioether (sulfide) groups is 1. The van der Waals surface area contributed by atoms with Crippen LogP contribution in [0.4, 0.5) is 5.82 Å². The van der Waals surface area contributed by atoms with Gasteiger partial charge in [0, 0.05) is 11.1 Å². The lowest BCUT2D eigenvalue weighted by Gasteiger charge is -1.99. The molecule has 0 amide bonds. The van der Waals surface area contributed by atoms with Crippen LogP contribution < -0.4 is 5.73 Å². The molecule has 0 spiro atoms. The molecule has 0 unspecified atom stereocenters. The van der Waals surface area contributed by atoms with E-state index in [-0.39, 0.29) is 0 Å². The molecular weight excluding hydrogens is 168 g/mol. The molecule has 2 N–H and O–H groups in total. The van der Waals surface area contributed by atoms with Crippen molar-refractivity contribution in [2.24, 2.45) is 0 Å². The van der Waals surface area contributed by atoms with E-state index in [1.165, 1.54) is 23.5 Å². The van der Waals surface area contributed by atoms with E-state index in [1.807, 2.05) is 30.1 Å². The Bertz CT molecular complexity index is 220. The minimum atomic E-state index is 0.592. The van der Waals surface area contributed by atoms with Gasteiger partial charge in [-0.1, -0.05) is 13.3 Å². The lowest BCUT2D eigenvalue weighted by atomic mass is 10.4. The van der Waals surface area contributed by atoms with Gasteiger partial charge in [-0.3, -0.25) is 0 Å². The Labute approximate surface area is 77.6 Å². The molecule has 0 saturated carbocycles. The van der Waals surface area contributed by atoms with E-state index in [9.17, 15) is 0 Å². The molecule has 0 saturated heterocycles. The topological polar surface area (TPSA) is 38.9 Å². The number of pyridine rings is 1. The van der Waals surface area contributed by atoms with Gasteiger partial charge >= 0.3 is 0 Å². The van der Waals surface area contributed by atoms with Crippen LogP contribution in [-0.2, 0) is 0 Å². The van der Waals surface area contributed by atoms with Crippen LogP contribution in [0.25, 0.3) is 0 Å². The maximum absolute atomic E-state index is 5.46. The molecule has 0 aliphatic carbocycles. The molecule has 66 valence electrons. The Balaban J connectivity index is 2.37. The van der Waals surface area contributed by atoms with E-state index in [0.29, 0.717) is 5.82 Å². The highest BCUT2D eigenvalue weighted by atomic mass is 32.2. The Morgan fingerprint density at radius 2 is 2.33 bits per heavy atom. The van der Waals surface area contributed by atoms with Crippen LogP contribution in [0.3, 0.4) is 0 Å². The molecule has 0 fully saturated rings. The standard InChI is InChI=1S/C9H14N2S/c1-2-3-6-12-8-4-5-9(10)11-7-8/h4-5,7H,2-3,6H2,1H3,(H2,10,11). The molecule has 3 heteroatoms. The van der Waals surface area contributed by atoms with Gasteiger partial charge in [0.05, 0.1) is 0 Å². The van der Waals surface area contributed by atoms with Gasteiger partial charge in [-0.25, -0.2) is 4.98 Å². The van der Waals surface area contributed by atoms with E-state index in [2.05, 4.69) is 11.9 Å². The number of rotatable bonds is 4. The fourth-order valence-corrected chi connectivity index (χ4v) is 1.77. The molecule has 2 nitrogen and oxygen atoms in total. The molecule has 0 bridgehead atoms. The lowest BCUT2D eigenvalue weighted by molar-refractivity contribution is 0.896. The SMILES string of the molecule is CCCCSc1ccc(N)nc1. The molecule has 0 aromatic carbocycles. The summed E-state index contributed by atoms with van der Waals surface area (Å²) < 4.78 is 0. The van der Waals surface area contributed by atoms with Crippen LogP contribution in [0.15, 0.2) is 23.2 Å². The molecule has 0 radical (unpaired) electrons. The Morgan fingerprint density at radius 3 is 2.92 bits per heavy atom. The van der Waals surface area contributed by atoms with Gasteiger partial charge in [-0.05, 0) is 24.3 Å². The van der Waals surface area contributed by atoms with Crippen LogP contribution in [-0.4, -0.2) is 10.7 Å². The van der Waals surface area contributed by atoms with Crippen molar-refractivity contribution in [1.82, 2.24) is 4.98 Å². The van der Waals surface area contributed by atoms with Crippen molar-refractivity contribution >= 4 is 17.6 Å². The van der Waals surface area contributed by atoms with Crippen molar-refractivity contribution in [1.29, 1.82) is 0 Å². The second kappa shape index (κ2) is 5.04. The third-order valence-corrected chi connectivity index (χ3v) is 2.59. The van der Waals surface area contributed by atoms with Gasteiger partial charge in [0.25, 0.3) is 0 Å². The number of hydrogen-bond donors (Lipinski definition) is 1. The fraction of sp³-hybridized carbons (Fsp3) is 0.444. The summed E-state index contributed by atoms with van der Waals surface area (Å²) in [5.41, 5.74) is 5.46. The van der Waals surface area contributed by atoms with Gasteiger partial charge in [0.15, 0.2) is 0 Å². The molecular formula is C9H14N2S. The number of unbranched alkanes of at least 4 members (excludes halogenated alkanes) is 1. The van der Waals surface area contributed by atoms with Crippen LogP contribution >= 0.6 is 11.8 Å². The monoisotopic (exact) mass is 182 g/mol. The zero-order valence-electron chi connectivity index (χ0n) is 7.29. The van der Waals surface area contributed by atoms with Crippen LogP contribution in [0.1, 0.15) is 19.8 Å². The Morgan fingerprint density at radius 1 is 1.50 bits per heavy atom. The molecule has 1 aromatic rings. The molecule has 0 aliphatic rings. The minimum Gasteiger partial charge on any atom is -0.384 e. The summed E-state index contributed by atoms with van der Waals surface area (Å²) >= 11 is 1.84. The second-order valence-electron chi connectivity index (χ2n) is 2.62. The number of anilines is 1.